The van der Waals surface area contributed by atoms with E-state index in [4.69, 9.17) is 34.8 Å². The van der Waals surface area contributed by atoms with Gasteiger partial charge in [0.05, 0.1) is 10.0 Å². The van der Waals surface area contributed by atoms with Gasteiger partial charge in [0.15, 0.2) is 11.0 Å². The second-order valence-corrected chi connectivity index (χ2v) is 8.21. The second kappa shape index (κ2) is 8.58. The highest BCUT2D eigenvalue weighted by molar-refractivity contribution is 7.98. The van der Waals surface area contributed by atoms with Gasteiger partial charge in [0.2, 0.25) is 0 Å². The van der Waals surface area contributed by atoms with E-state index in [1.807, 2.05) is 71.3 Å². The molecule has 0 fully saturated rings. The van der Waals surface area contributed by atoms with Crippen molar-refractivity contribution >= 4 is 46.6 Å². The smallest absolute Gasteiger partial charge is 0.196 e. The molecule has 0 aliphatic rings. The maximum absolute atomic E-state index is 6.13. The van der Waals surface area contributed by atoms with Crippen LogP contribution in [0.4, 0.5) is 0 Å². The predicted molar refractivity (Wildman–Crippen MR) is 118 cm³/mol. The standard InChI is InChI=1S/C21H14Cl3N3S/c22-16-9-7-15(8-10-16)20-25-26-21(27(20)17-4-2-1-3-5-17)28-13-14-6-11-18(23)19(24)12-14/h1-12H,13H2. The average Bonchev–Trinajstić information content (AvgIpc) is 3.14. The molecular weight excluding hydrogens is 433 g/mol. The van der Waals surface area contributed by atoms with Crippen LogP contribution >= 0.6 is 46.6 Å². The van der Waals surface area contributed by atoms with Crippen molar-refractivity contribution in [3.05, 3.63) is 93.4 Å². The van der Waals surface area contributed by atoms with Crippen molar-refractivity contribution < 1.29 is 0 Å². The predicted octanol–water partition coefficient (Wildman–Crippen LogP) is 7.19. The molecule has 4 rings (SSSR count). The Morgan fingerprint density at radius 3 is 2.25 bits per heavy atom. The SMILES string of the molecule is Clc1ccc(-c2nnc(SCc3ccc(Cl)c(Cl)c3)n2-c2ccccc2)cc1. The Labute approximate surface area is 182 Å². The minimum absolute atomic E-state index is 0.547. The molecule has 28 heavy (non-hydrogen) atoms. The number of rotatable bonds is 5. The zero-order valence-electron chi connectivity index (χ0n) is 14.5. The lowest BCUT2D eigenvalue weighted by Gasteiger charge is -2.10. The van der Waals surface area contributed by atoms with E-state index in [2.05, 4.69) is 10.2 Å². The normalized spacial score (nSPS) is 11.0. The van der Waals surface area contributed by atoms with Crippen molar-refractivity contribution in [1.82, 2.24) is 14.8 Å². The molecule has 0 amide bonds. The van der Waals surface area contributed by atoms with E-state index in [-0.39, 0.29) is 0 Å². The quantitative estimate of drug-likeness (QED) is 0.304. The van der Waals surface area contributed by atoms with Gasteiger partial charge in [-0.1, -0.05) is 70.8 Å². The first-order valence-corrected chi connectivity index (χ1v) is 10.6. The summed E-state index contributed by atoms with van der Waals surface area (Å²) in [5.41, 5.74) is 3.01. The van der Waals surface area contributed by atoms with Crippen molar-refractivity contribution in [2.24, 2.45) is 0 Å². The Kier molecular flexibility index (Phi) is 5.93. The molecule has 4 aromatic rings. The fraction of sp³-hybridized carbons (Fsp3) is 0.0476. The van der Waals surface area contributed by atoms with Crippen LogP contribution in [0.3, 0.4) is 0 Å². The van der Waals surface area contributed by atoms with Crippen molar-refractivity contribution in [1.29, 1.82) is 0 Å². The fourth-order valence-electron chi connectivity index (χ4n) is 2.74. The van der Waals surface area contributed by atoms with Crippen LogP contribution in [0.2, 0.25) is 15.1 Å². The van der Waals surface area contributed by atoms with Gasteiger partial charge in [-0.25, -0.2) is 0 Å². The summed E-state index contributed by atoms with van der Waals surface area (Å²) in [6.45, 7) is 0. The van der Waals surface area contributed by atoms with Gasteiger partial charge in [0, 0.05) is 22.0 Å². The summed E-state index contributed by atoms with van der Waals surface area (Å²) < 4.78 is 2.05. The fourth-order valence-corrected chi connectivity index (χ4v) is 4.08. The first-order valence-electron chi connectivity index (χ1n) is 8.45. The number of nitrogens with zero attached hydrogens (tertiary/aromatic N) is 3. The maximum atomic E-state index is 6.13. The molecule has 0 bridgehead atoms. The average molecular weight is 447 g/mol. The summed E-state index contributed by atoms with van der Waals surface area (Å²) in [6.07, 6.45) is 0. The summed E-state index contributed by atoms with van der Waals surface area (Å²) in [5.74, 6) is 1.46. The van der Waals surface area contributed by atoms with Crippen LogP contribution < -0.4 is 0 Å². The Bertz CT molecular complexity index is 1100. The van der Waals surface area contributed by atoms with Crippen molar-refractivity contribution in [3.8, 4) is 17.1 Å². The lowest BCUT2D eigenvalue weighted by molar-refractivity contribution is 0.886. The molecule has 1 heterocycles. The third kappa shape index (κ3) is 4.20. The zero-order valence-corrected chi connectivity index (χ0v) is 17.6. The van der Waals surface area contributed by atoms with Crippen LogP contribution in [-0.2, 0) is 5.75 Å². The molecule has 3 aromatic carbocycles. The van der Waals surface area contributed by atoms with E-state index in [1.54, 1.807) is 17.8 Å². The molecule has 0 saturated heterocycles. The van der Waals surface area contributed by atoms with Crippen molar-refractivity contribution in [2.75, 3.05) is 0 Å². The largest absolute Gasteiger partial charge is 0.270 e. The summed E-state index contributed by atoms with van der Waals surface area (Å²) >= 11 is 19.8. The summed E-state index contributed by atoms with van der Waals surface area (Å²) in [4.78, 5) is 0. The van der Waals surface area contributed by atoms with Gasteiger partial charge < -0.3 is 0 Å². The van der Waals surface area contributed by atoms with Crippen molar-refractivity contribution in [2.45, 2.75) is 10.9 Å². The molecule has 0 unspecified atom stereocenters. The van der Waals surface area contributed by atoms with Gasteiger partial charge >= 0.3 is 0 Å². The number of hydrogen-bond donors (Lipinski definition) is 0. The van der Waals surface area contributed by atoms with Crippen LogP contribution in [0.1, 0.15) is 5.56 Å². The number of para-hydroxylation sites is 1. The van der Waals surface area contributed by atoms with E-state index < -0.39 is 0 Å². The van der Waals surface area contributed by atoms with Crippen LogP contribution in [0.25, 0.3) is 17.1 Å². The number of halogens is 3. The van der Waals surface area contributed by atoms with Gasteiger partial charge in [0.1, 0.15) is 0 Å². The van der Waals surface area contributed by atoms with Crippen LogP contribution in [0, 0.1) is 0 Å². The van der Waals surface area contributed by atoms with E-state index in [0.29, 0.717) is 20.8 Å². The lowest BCUT2D eigenvalue weighted by Crippen LogP contribution is -1.99. The highest BCUT2D eigenvalue weighted by atomic mass is 35.5. The minimum Gasteiger partial charge on any atom is -0.270 e. The highest BCUT2D eigenvalue weighted by Gasteiger charge is 2.16. The molecule has 0 aliphatic heterocycles. The molecule has 3 nitrogen and oxygen atoms in total. The summed E-state index contributed by atoms with van der Waals surface area (Å²) in [6, 6.07) is 23.3. The highest BCUT2D eigenvalue weighted by Crippen LogP contribution is 2.31. The first-order chi connectivity index (χ1) is 13.6. The topological polar surface area (TPSA) is 30.7 Å². The first kappa shape index (κ1) is 19.3. The van der Waals surface area contributed by atoms with Crippen LogP contribution in [0.15, 0.2) is 78.0 Å². The molecule has 140 valence electrons. The van der Waals surface area contributed by atoms with Crippen LogP contribution in [0.5, 0.6) is 0 Å². The number of aromatic nitrogens is 3. The summed E-state index contributed by atoms with van der Waals surface area (Å²) in [7, 11) is 0. The van der Waals surface area contributed by atoms with E-state index in [0.717, 1.165) is 27.8 Å². The third-order valence-corrected chi connectivity index (χ3v) is 6.09. The van der Waals surface area contributed by atoms with Gasteiger partial charge in [-0.15, -0.1) is 10.2 Å². The molecular formula is C21H14Cl3N3S. The molecule has 0 spiro atoms. The van der Waals surface area contributed by atoms with Crippen molar-refractivity contribution in [3.63, 3.8) is 0 Å². The second-order valence-electron chi connectivity index (χ2n) is 6.02. The van der Waals surface area contributed by atoms with E-state index >= 15 is 0 Å². The number of thioether (sulfide) groups is 1. The zero-order chi connectivity index (χ0) is 19.5. The number of hydrogen-bond acceptors (Lipinski definition) is 3. The Balaban J connectivity index is 1.70. The van der Waals surface area contributed by atoms with Crippen LogP contribution in [-0.4, -0.2) is 14.8 Å². The van der Waals surface area contributed by atoms with Gasteiger partial charge in [-0.05, 0) is 54.1 Å². The lowest BCUT2D eigenvalue weighted by atomic mass is 10.2. The Morgan fingerprint density at radius 1 is 0.786 bits per heavy atom. The molecule has 1 aromatic heterocycles. The molecule has 0 radical (unpaired) electrons. The third-order valence-electron chi connectivity index (χ3n) is 4.10. The van der Waals surface area contributed by atoms with Gasteiger partial charge in [-0.3, -0.25) is 4.57 Å². The summed E-state index contributed by atoms with van der Waals surface area (Å²) in [5, 5.41) is 11.4. The molecule has 0 atom stereocenters. The number of benzene rings is 3. The molecule has 0 aliphatic carbocycles. The Hall–Kier alpha value is -1.98. The minimum atomic E-state index is 0.547. The molecule has 0 saturated carbocycles. The monoisotopic (exact) mass is 445 g/mol. The van der Waals surface area contributed by atoms with Gasteiger partial charge in [0.25, 0.3) is 0 Å². The van der Waals surface area contributed by atoms with Gasteiger partial charge in [-0.2, -0.15) is 0 Å². The Morgan fingerprint density at radius 2 is 1.54 bits per heavy atom. The molecule has 0 N–H and O–H groups in total. The maximum Gasteiger partial charge on any atom is 0.196 e. The van der Waals surface area contributed by atoms with E-state index in [1.165, 1.54) is 0 Å². The molecule has 7 heteroatoms. The van der Waals surface area contributed by atoms with E-state index in [9.17, 15) is 0 Å².